The van der Waals surface area contributed by atoms with Crippen molar-refractivity contribution in [2.24, 2.45) is 5.92 Å². The second-order valence-electron chi connectivity index (χ2n) is 7.64. The summed E-state index contributed by atoms with van der Waals surface area (Å²) < 4.78 is 0. The predicted molar refractivity (Wildman–Crippen MR) is 114 cm³/mol. The van der Waals surface area contributed by atoms with E-state index < -0.39 is 6.04 Å². The van der Waals surface area contributed by atoms with E-state index in [0.717, 1.165) is 17.5 Å². The second-order valence-corrected chi connectivity index (χ2v) is 7.64. The highest BCUT2D eigenvalue weighted by molar-refractivity contribution is 5.87. The van der Waals surface area contributed by atoms with Crippen LogP contribution in [-0.2, 0) is 22.6 Å². The Morgan fingerprint density at radius 1 is 0.893 bits per heavy atom. The molecule has 2 rings (SSSR count). The highest BCUT2D eigenvalue weighted by atomic mass is 16.2. The number of aryl methyl sites for hydroxylation is 1. The molecule has 0 bridgehead atoms. The van der Waals surface area contributed by atoms with Crippen molar-refractivity contribution in [1.82, 2.24) is 10.2 Å². The molecule has 0 fully saturated rings. The normalized spacial score (nSPS) is 11.9. The first-order valence-corrected chi connectivity index (χ1v) is 10.1. The van der Waals surface area contributed by atoms with Crippen molar-refractivity contribution in [1.29, 1.82) is 0 Å². The second kappa shape index (κ2) is 11.3. The van der Waals surface area contributed by atoms with Crippen molar-refractivity contribution in [2.75, 3.05) is 6.54 Å². The molecule has 0 saturated carbocycles. The maximum atomic E-state index is 13.0. The third-order valence-corrected chi connectivity index (χ3v) is 4.85. The van der Waals surface area contributed by atoms with Crippen LogP contribution in [0, 0.1) is 5.92 Å². The molecular weight excluding hydrogens is 348 g/mol. The molecule has 4 heteroatoms. The maximum absolute atomic E-state index is 13.0. The van der Waals surface area contributed by atoms with Crippen molar-refractivity contribution in [2.45, 2.75) is 52.6 Å². The van der Waals surface area contributed by atoms with Gasteiger partial charge in [-0.1, -0.05) is 74.5 Å². The lowest BCUT2D eigenvalue weighted by Gasteiger charge is -2.29. The third kappa shape index (κ3) is 7.18. The molecular formula is C24H32N2O2. The average molecular weight is 381 g/mol. The lowest BCUT2D eigenvalue weighted by atomic mass is 10.1. The highest BCUT2D eigenvalue weighted by Gasteiger charge is 2.25. The van der Waals surface area contributed by atoms with Gasteiger partial charge in [-0.05, 0) is 36.8 Å². The minimum absolute atomic E-state index is 0.000726. The zero-order chi connectivity index (χ0) is 20.4. The molecule has 0 spiro atoms. The number of hydrogen-bond acceptors (Lipinski definition) is 2. The van der Waals surface area contributed by atoms with Gasteiger partial charge in [0.25, 0.3) is 0 Å². The molecule has 4 nitrogen and oxygen atoms in total. The Hall–Kier alpha value is -2.62. The van der Waals surface area contributed by atoms with Gasteiger partial charge in [0, 0.05) is 19.5 Å². The van der Waals surface area contributed by atoms with Crippen molar-refractivity contribution >= 4 is 11.8 Å². The number of rotatable bonds is 10. The van der Waals surface area contributed by atoms with E-state index in [4.69, 9.17) is 0 Å². The molecule has 0 radical (unpaired) electrons. The van der Waals surface area contributed by atoms with Crippen LogP contribution in [0.25, 0.3) is 0 Å². The summed E-state index contributed by atoms with van der Waals surface area (Å²) in [6, 6.07) is 19.3. The van der Waals surface area contributed by atoms with E-state index in [9.17, 15) is 9.59 Å². The van der Waals surface area contributed by atoms with Gasteiger partial charge < -0.3 is 10.2 Å². The number of nitrogens with one attached hydrogen (secondary N) is 1. The van der Waals surface area contributed by atoms with Crippen LogP contribution in [0.2, 0.25) is 0 Å². The summed E-state index contributed by atoms with van der Waals surface area (Å²) in [6.07, 6.45) is 1.99. The largest absolute Gasteiger partial charge is 0.354 e. The summed E-state index contributed by atoms with van der Waals surface area (Å²) in [6.45, 7) is 7.15. The topological polar surface area (TPSA) is 49.4 Å². The summed E-state index contributed by atoms with van der Waals surface area (Å²) in [7, 11) is 0. The monoisotopic (exact) mass is 380 g/mol. The molecule has 0 saturated heterocycles. The zero-order valence-corrected chi connectivity index (χ0v) is 17.2. The molecule has 2 amide bonds. The Labute approximate surface area is 169 Å². The van der Waals surface area contributed by atoms with Gasteiger partial charge in [0.2, 0.25) is 11.8 Å². The molecule has 0 heterocycles. The standard InChI is InChI=1S/C24H32N2O2/c1-19(2)16-17-25-24(28)20(3)26(18-22-12-8-5-9-13-22)23(27)15-14-21-10-6-4-7-11-21/h4-13,19-20H,14-18H2,1-3H3,(H,25,28)/t20-/m0/s1. The molecule has 0 aliphatic rings. The number of amides is 2. The molecule has 0 aliphatic heterocycles. The van der Waals surface area contributed by atoms with E-state index in [2.05, 4.69) is 19.2 Å². The Morgan fingerprint density at radius 3 is 2.04 bits per heavy atom. The Balaban J connectivity index is 2.04. The van der Waals surface area contributed by atoms with Gasteiger partial charge in [-0.3, -0.25) is 9.59 Å². The van der Waals surface area contributed by atoms with Crippen LogP contribution >= 0.6 is 0 Å². The van der Waals surface area contributed by atoms with E-state index in [1.807, 2.05) is 67.6 Å². The van der Waals surface area contributed by atoms with Crippen LogP contribution in [-0.4, -0.2) is 29.3 Å². The lowest BCUT2D eigenvalue weighted by molar-refractivity contribution is -0.140. The summed E-state index contributed by atoms with van der Waals surface area (Å²) >= 11 is 0. The molecule has 150 valence electrons. The van der Waals surface area contributed by atoms with Crippen LogP contribution < -0.4 is 5.32 Å². The Morgan fingerprint density at radius 2 is 1.46 bits per heavy atom. The number of carbonyl (C=O) groups excluding carboxylic acids is 2. The smallest absolute Gasteiger partial charge is 0.242 e. The summed E-state index contributed by atoms with van der Waals surface area (Å²) in [5, 5.41) is 2.98. The van der Waals surface area contributed by atoms with Crippen molar-refractivity contribution < 1.29 is 9.59 Å². The van der Waals surface area contributed by atoms with Crippen LogP contribution in [0.4, 0.5) is 0 Å². The highest BCUT2D eigenvalue weighted by Crippen LogP contribution is 2.13. The van der Waals surface area contributed by atoms with Crippen LogP contribution in [0.1, 0.15) is 44.7 Å². The summed E-state index contributed by atoms with van der Waals surface area (Å²) in [5.41, 5.74) is 2.15. The lowest BCUT2D eigenvalue weighted by Crippen LogP contribution is -2.48. The van der Waals surface area contributed by atoms with Crippen molar-refractivity contribution in [3.8, 4) is 0 Å². The fourth-order valence-corrected chi connectivity index (χ4v) is 3.03. The number of hydrogen-bond donors (Lipinski definition) is 1. The van der Waals surface area contributed by atoms with Gasteiger partial charge >= 0.3 is 0 Å². The predicted octanol–water partition coefficient (Wildman–Crippen LogP) is 4.20. The van der Waals surface area contributed by atoms with E-state index in [-0.39, 0.29) is 11.8 Å². The summed E-state index contributed by atoms with van der Waals surface area (Å²) in [4.78, 5) is 27.3. The molecule has 0 unspecified atom stereocenters. The van der Waals surface area contributed by atoms with E-state index in [1.54, 1.807) is 4.90 Å². The molecule has 1 N–H and O–H groups in total. The molecule has 2 aromatic carbocycles. The molecule has 2 aromatic rings. The minimum Gasteiger partial charge on any atom is -0.354 e. The van der Waals surface area contributed by atoms with Gasteiger partial charge in [0.05, 0.1) is 0 Å². The van der Waals surface area contributed by atoms with Crippen LogP contribution in [0.5, 0.6) is 0 Å². The van der Waals surface area contributed by atoms with E-state index in [0.29, 0.717) is 31.8 Å². The Kier molecular flexibility index (Phi) is 8.73. The maximum Gasteiger partial charge on any atom is 0.242 e. The fourth-order valence-electron chi connectivity index (χ4n) is 3.03. The van der Waals surface area contributed by atoms with Gasteiger partial charge in [0.15, 0.2) is 0 Å². The summed E-state index contributed by atoms with van der Waals surface area (Å²) in [5.74, 6) is 0.437. The first kappa shape index (κ1) is 21.7. The van der Waals surface area contributed by atoms with Crippen molar-refractivity contribution in [3.63, 3.8) is 0 Å². The van der Waals surface area contributed by atoms with Crippen molar-refractivity contribution in [3.05, 3.63) is 71.8 Å². The zero-order valence-electron chi connectivity index (χ0n) is 17.2. The molecule has 0 aromatic heterocycles. The number of carbonyl (C=O) groups is 2. The SMILES string of the molecule is CC(C)CCNC(=O)[C@H](C)N(Cc1ccccc1)C(=O)CCc1ccccc1. The molecule has 28 heavy (non-hydrogen) atoms. The first-order valence-electron chi connectivity index (χ1n) is 10.1. The van der Waals surface area contributed by atoms with Gasteiger partial charge in [-0.15, -0.1) is 0 Å². The van der Waals surface area contributed by atoms with E-state index >= 15 is 0 Å². The minimum atomic E-state index is -0.504. The number of nitrogens with zero attached hydrogens (tertiary/aromatic N) is 1. The average Bonchev–Trinajstić information content (AvgIpc) is 2.71. The van der Waals surface area contributed by atoms with Gasteiger partial charge in [0.1, 0.15) is 6.04 Å². The van der Waals surface area contributed by atoms with Gasteiger partial charge in [-0.2, -0.15) is 0 Å². The molecule has 1 atom stereocenters. The Bertz CT molecular complexity index is 729. The van der Waals surface area contributed by atoms with Gasteiger partial charge in [-0.25, -0.2) is 0 Å². The first-order chi connectivity index (χ1) is 13.5. The van der Waals surface area contributed by atoms with Crippen LogP contribution in [0.15, 0.2) is 60.7 Å². The third-order valence-electron chi connectivity index (χ3n) is 4.85. The quantitative estimate of drug-likeness (QED) is 0.672. The fraction of sp³-hybridized carbons (Fsp3) is 0.417. The number of benzene rings is 2. The van der Waals surface area contributed by atoms with E-state index in [1.165, 1.54) is 0 Å². The molecule has 0 aliphatic carbocycles. The van der Waals surface area contributed by atoms with Crippen LogP contribution in [0.3, 0.4) is 0 Å².